The Bertz CT molecular complexity index is 197. The molecule has 1 atom stereocenters. The van der Waals surface area contributed by atoms with Crippen LogP contribution in [0.25, 0.3) is 0 Å². The number of hydrogen-bond acceptors (Lipinski definition) is 2. The molecule has 0 saturated carbocycles. The van der Waals surface area contributed by atoms with Gasteiger partial charge in [-0.05, 0) is 25.7 Å². The van der Waals surface area contributed by atoms with E-state index in [0.29, 0.717) is 12.0 Å². The average Bonchev–Trinajstić information content (AvgIpc) is 2.26. The fourth-order valence-electron chi connectivity index (χ4n) is 1.35. The van der Waals surface area contributed by atoms with Crippen molar-refractivity contribution < 1.29 is 9.53 Å². The summed E-state index contributed by atoms with van der Waals surface area (Å²) in [6, 6.07) is 0. The Hall–Kier alpha value is -0.790. The molecule has 0 radical (unpaired) electrons. The van der Waals surface area contributed by atoms with Crippen molar-refractivity contribution in [2.45, 2.75) is 65.4 Å². The molecular formula is C13H24O2. The third kappa shape index (κ3) is 6.32. The summed E-state index contributed by atoms with van der Waals surface area (Å²) in [6.07, 6.45) is 6.17. The van der Waals surface area contributed by atoms with Gasteiger partial charge in [0.1, 0.15) is 6.10 Å². The van der Waals surface area contributed by atoms with Crippen LogP contribution >= 0.6 is 0 Å². The molecule has 0 aromatic carbocycles. The van der Waals surface area contributed by atoms with Gasteiger partial charge in [-0.15, -0.1) is 0 Å². The molecule has 2 heteroatoms. The number of unbranched alkanes of at least 4 members (excludes halogenated alkanes) is 2. The second-order valence-electron chi connectivity index (χ2n) is 3.89. The quantitative estimate of drug-likeness (QED) is 0.347. The van der Waals surface area contributed by atoms with E-state index >= 15 is 0 Å². The van der Waals surface area contributed by atoms with Crippen molar-refractivity contribution in [2.75, 3.05) is 0 Å². The molecule has 0 aliphatic rings. The molecule has 0 bridgehead atoms. The second kappa shape index (κ2) is 8.51. The van der Waals surface area contributed by atoms with Crippen LogP contribution < -0.4 is 0 Å². The van der Waals surface area contributed by atoms with Crippen LogP contribution in [0.15, 0.2) is 12.2 Å². The fraction of sp³-hybridized carbons (Fsp3) is 0.769. The van der Waals surface area contributed by atoms with Gasteiger partial charge in [0.05, 0.1) is 0 Å². The predicted molar refractivity (Wildman–Crippen MR) is 63.7 cm³/mol. The number of esters is 1. The first kappa shape index (κ1) is 14.2. The Morgan fingerprint density at radius 3 is 2.40 bits per heavy atom. The maximum Gasteiger partial charge on any atom is 0.333 e. The Labute approximate surface area is 93.7 Å². The molecule has 2 nitrogen and oxygen atoms in total. The molecule has 0 amide bonds. The van der Waals surface area contributed by atoms with Gasteiger partial charge in [-0.2, -0.15) is 0 Å². The molecule has 0 aliphatic carbocycles. The highest BCUT2D eigenvalue weighted by Gasteiger charge is 2.13. The van der Waals surface area contributed by atoms with Crippen LogP contribution in [0.3, 0.4) is 0 Å². The van der Waals surface area contributed by atoms with Crippen LogP contribution in [0, 0.1) is 0 Å². The minimum atomic E-state index is -0.221. The Morgan fingerprint density at radius 1 is 1.27 bits per heavy atom. The molecule has 0 rings (SSSR count). The maximum atomic E-state index is 11.5. The third-order valence-corrected chi connectivity index (χ3v) is 2.57. The molecular weight excluding hydrogens is 188 g/mol. The van der Waals surface area contributed by atoms with E-state index in [-0.39, 0.29) is 12.1 Å². The first-order valence-corrected chi connectivity index (χ1v) is 6.04. The minimum Gasteiger partial charge on any atom is -0.459 e. The van der Waals surface area contributed by atoms with Gasteiger partial charge in [-0.1, -0.05) is 40.2 Å². The molecule has 88 valence electrons. The van der Waals surface area contributed by atoms with E-state index in [9.17, 15) is 4.79 Å². The van der Waals surface area contributed by atoms with Gasteiger partial charge >= 0.3 is 5.97 Å². The predicted octanol–water partition coefficient (Wildman–Crippen LogP) is 3.85. The van der Waals surface area contributed by atoms with Crippen molar-refractivity contribution in [2.24, 2.45) is 0 Å². The van der Waals surface area contributed by atoms with Gasteiger partial charge in [-0.25, -0.2) is 4.79 Å². The zero-order chi connectivity index (χ0) is 11.7. The van der Waals surface area contributed by atoms with E-state index in [1.54, 1.807) is 0 Å². The zero-order valence-corrected chi connectivity index (χ0v) is 10.3. The van der Waals surface area contributed by atoms with E-state index in [1.807, 2.05) is 6.92 Å². The molecule has 0 N–H and O–H groups in total. The Morgan fingerprint density at radius 2 is 1.93 bits per heavy atom. The van der Waals surface area contributed by atoms with Gasteiger partial charge in [0.2, 0.25) is 0 Å². The maximum absolute atomic E-state index is 11.5. The van der Waals surface area contributed by atoms with Crippen molar-refractivity contribution in [3.63, 3.8) is 0 Å². The van der Waals surface area contributed by atoms with Crippen molar-refractivity contribution in [3.8, 4) is 0 Å². The lowest BCUT2D eigenvalue weighted by Gasteiger charge is -2.16. The van der Waals surface area contributed by atoms with Crippen molar-refractivity contribution in [1.82, 2.24) is 0 Å². The van der Waals surface area contributed by atoms with Crippen LogP contribution in [-0.4, -0.2) is 12.1 Å². The average molecular weight is 212 g/mol. The number of hydrogen-bond donors (Lipinski definition) is 0. The van der Waals surface area contributed by atoms with Gasteiger partial charge in [0.25, 0.3) is 0 Å². The number of ether oxygens (including phenoxy) is 1. The second-order valence-corrected chi connectivity index (χ2v) is 3.89. The number of carbonyl (C=O) groups excluding carboxylic acids is 1. The fourth-order valence-corrected chi connectivity index (χ4v) is 1.35. The summed E-state index contributed by atoms with van der Waals surface area (Å²) in [6.45, 7) is 9.83. The summed E-state index contributed by atoms with van der Waals surface area (Å²) in [5.41, 5.74) is 0.573. The van der Waals surface area contributed by atoms with E-state index < -0.39 is 0 Å². The Kier molecular flexibility index (Phi) is 8.06. The summed E-state index contributed by atoms with van der Waals surface area (Å²) < 4.78 is 5.36. The first-order chi connectivity index (χ1) is 7.15. The molecule has 0 aromatic heterocycles. The van der Waals surface area contributed by atoms with Crippen molar-refractivity contribution >= 4 is 5.97 Å². The zero-order valence-electron chi connectivity index (χ0n) is 10.3. The van der Waals surface area contributed by atoms with Crippen molar-refractivity contribution in [1.29, 1.82) is 0 Å². The van der Waals surface area contributed by atoms with Gasteiger partial charge in [0, 0.05) is 5.57 Å². The van der Waals surface area contributed by atoms with E-state index in [4.69, 9.17) is 4.74 Å². The van der Waals surface area contributed by atoms with Crippen LogP contribution in [-0.2, 0) is 9.53 Å². The standard InChI is InChI=1S/C13H24O2/c1-5-8-9-10-12(7-3)15-13(14)11(4)6-2/h12H,4-10H2,1-3H3. The van der Waals surface area contributed by atoms with Crippen LogP contribution in [0.5, 0.6) is 0 Å². The van der Waals surface area contributed by atoms with Crippen LogP contribution in [0.1, 0.15) is 59.3 Å². The highest BCUT2D eigenvalue weighted by molar-refractivity contribution is 5.87. The molecule has 15 heavy (non-hydrogen) atoms. The van der Waals surface area contributed by atoms with E-state index in [2.05, 4.69) is 20.4 Å². The molecule has 0 spiro atoms. The first-order valence-electron chi connectivity index (χ1n) is 6.04. The van der Waals surface area contributed by atoms with Crippen molar-refractivity contribution in [3.05, 3.63) is 12.2 Å². The highest BCUT2D eigenvalue weighted by Crippen LogP contribution is 2.12. The van der Waals surface area contributed by atoms with Crippen LogP contribution in [0.4, 0.5) is 0 Å². The SMILES string of the molecule is C=C(CC)C(=O)OC(CC)CCCCC. The van der Waals surface area contributed by atoms with Gasteiger partial charge < -0.3 is 4.74 Å². The number of carbonyl (C=O) groups is 1. The Balaban J connectivity index is 3.87. The molecule has 0 heterocycles. The largest absolute Gasteiger partial charge is 0.459 e. The molecule has 1 unspecified atom stereocenters. The molecule has 0 saturated heterocycles. The van der Waals surface area contributed by atoms with E-state index in [0.717, 1.165) is 19.3 Å². The lowest BCUT2D eigenvalue weighted by atomic mass is 10.1. The summed E-state index contributed by atoms with van der Waals surface area (Å²) in [4.78, 5) is 11.5. The highest BCUT2D eigenvalue weighted by atomic mass is 16.5. The summed E-state index contributed by atoms with van der Waals surface area (Å²) in [7, 11) is 0. The van der Waals surface area contributed by atoms with Gasteiger partial charge in [0.15, 0.2) is 0 Å². The summed E-state index contributed by atoms with van der Waals surface area (Å²) in [5.74, 6) is -0.221. The van der Waals surface area contributed by atoms with E-state index in [1.165, 1.54) is 12.8 Å². The topological polar surface area (TPSA) is 26.3 Å². The summed E-state index contributed by atoms with van der Waals surface area (Å²) >= 11 is 0. The monoisotopic (exact) mass is 212 g/mol. The summed E-state index contributed by atoms with van der Waals surface area (Å²) in [5, 5.41) is 0. The normalized spacial score (nSPS) is 12.2. The lowest BCUT2D eigenvalue weighted by molar-refractivity contribution is -0.144. The lowest BCUT2D eigenvalue weighted by Crippen LogP contribution is -2.18. The molecule has 0 aromatic rings. The minimum absolute atomic E-state index is 0.0762. The molecule has 0 fully saturated rings. The molecule has 0 aliphatic heterocycles. The smallest absolute Gasteiger partial charge is 0.333 e. The third-order valence-electron chi connectivity index (χ3n) is 2.57. The van der Waals surface area contributed by atoms with Crippen LogP contribution in [0.2, 0.25) is 0 Å². The van der Waals surface area contributed by atoms with Gasteiger partial charge in [-0.3, -0.25) is 0 Å². The number of rotatable bonds is 8.